The van der Waals surface area contributed by atoms with Crippen molar-refractivity contribution in [3.63, 3.8) is 0 Å². The van der Waals surface area contributed by atoms with Gasteiger partial charge in [-0.25, -0.2) is 0 Å². The number of halogens is 1. The van der Waals surface area contributed by atoms with Crippen molar-refractivity contribution in [2.24, 2.45) is 0 Å². The van der Waals surface area contributed by atoms with E-state index < -0.39 is 12.0 Å². The number of anilines is 1. The number of hydrogen-bond donors (Lipinski definition) is 1. The first-order valence-electron chi connectivity index (χ1n) is 7.48. The molecule has 0 saturated heterocycles. The topological polar surface area (TPSA) is 86.5 Å². The van der Waals surface area contributed by atoms with Gasteiger partial charge in [-0.2, -0.15) is 0 Å². The number of amides is 1. The number of fused-ring (bicyclic) bond motifs is 1. The second-order valence-electron chi connectivity index (χ2n) is 5.28. The largest absolute Gasteiger partial charge is 0.485 e. The van der Waals surface area contributed by atoms with Gasteiger partial charge in [0.25, 0.3) is 5.91 Å². The van der Waals surface area contributed by atoms with Crippen molar-refractivity contribution in [3.8, 4) is 23.0 Å². The number of nitrogens with one attached hydrogen (secondary N) is 1. The molecule has 4 rings (SSSR count). The summed E-state index contributed by atoms with van der Waals surface area (Å²) in [5.74, 6) is 1.03. The van der Waals surface area contributed by atoms with E-state index in [1.807, 2.05) is 36.4 Å². The molecule has 1 aromatic heterocycles. The number of carbonyl (C=O) groups is 1. The first kappa shape index (κ1) is 15.6. The van der Waals surface area contributed by atoms with Gasteiger partial charge < -0.3 is 13.9 Å². The molecule has 1 unspecified atom stereocenters. The second kappa shape index (κ2) is 6.56. The van der Waals surface area contributed by atoms with Gasteiger partial charge in [0.1, 0.15) is 6.61 Å². The van der Waals surface area contributed by atoms with Crippen molar-refractivity contribution in [2.75, 3.05) is 11.9 Å². The summed E-state index contributed by atoms with van der Waals surface area (Å²) < 4.78 is 17.5. The van der Waals surface area contributed by atoms with Crippen LogP contribution in [0.3, 0.4) is 0 Å². The number of para-hydroxylation sites is 2. The highest BCUT2D eigenvalue weighted by Crippen LogP contribution is 2.31. The zero-order valence-electron chi connectivity index (χ0n) is 12.8. The van der Waals surface area contributed by atoms with E-state index in [4.69, 9.17) is 13.9 Å². The molecule has 126 valence electrons. The Kier molecular flexibility index (Phi) is 4.10. The number of rotatable bonds is 3. The molecule has 8 heteroatoms. The number of hydrogen-bond acceptors (Lipinski definition) is 6. The Morgan fingerprint density at radius 3 is 2.80 bits per heavy atom. The third-order valence-corrected chi connectivity index (χ3v) is 4.02. The maximum absolute atomic E-state index is 12.3. The maximum Gasteiger partial charge on any atom is 0.322 e. The van der Waals surface area contributed by atoms with Crippen LogP contribution in [0.4, 0.5) is 6.01 Å². The third-order valence-electron chi connectivity index (χ3n) is 3.53. The van der Waals surface area contributed by atoms with E-state index >= 15 is 0 Å². The monoisotopic (exact) mass is 401 g/mol. The summed E-state index contributed by atoms with van der Waals surface area (Å²) in [5.41, 5.74) is 0.744. The lowest BCUT2D eigenvalue weighted by Gasteiger charge is -2.24. The minimum Gasteiger partial charge on any atom is -0.485 e. The van der Waals surface area contributed by atoms with E-state index in [0.29, 0.717) is 17.4 Å². The van der Waals surface area contributed by atoms with Gasteiger partial charge in [0.05, 0.1) is 0 Å². The first-order valence-corrected chi connectivity index (χ1v) is 8.27. The van der Waals surface area contributed by atoms with Gasteiger partial charge in [0.15, 0.2) is 11.5 Å². The fourth-order valence-corrected chi connectivity index (χ4v) is 2.75. The molecule has 7 nitrogen and oxygen atoms in total. The average molecular weight is 402 g/mol. The highest BCUT2D eigenvalue weighted by atomic mass is 79.9. The number of nitrogens with zero attached hydrogens (tertiary/aromatic N) is 2. The summed E-state index contributed by atoms with van der Waals surface area (Å²) in [6.07, 6.45) is -0.795. The van der Waals surface area contributed by atoms with E-state index in [2.05, 4.69) is 31.4 Å². The normalized spacial score (nSPS) is 15.6. The van der Waals surface area contributed by atoms with Crippen LogP contribution in [0.15, 0.2) is 57.4 Å². The van der Waals surface area contributed by atoms with Crippen molar-refractivity contribution >= 4 is 27.9 Å². The maximum atomic E-state index is 12.3. The van der Waals surface area contributed by atoms with Gasteiger partial charge in [-0.05, 0) is 30.3 Å². The summed E-state index contributed by atoms with van der Waals surface area (Å²) in [6, 6.07) is 14.6. The molecule has 0 spiro atoms. The molecule has 25 heavy (non-hydrogen) atoms. The van der Waals surface area contributed by atoms with Crippen molar-refractivity contribution in [2.45, 2.75) is 6.10 Å². The Morgan fingerprint density at radius 2 is 1.96 bits per heavy atom. The van der Waals surface area contributed by atoms with Crippen LogP contribution in [0.2, 0.25) is 0 Å². The molecule has 0 fully saturated rings. The minimum absolute atomic E-state index is 0.00225. The Labute approximate surface area is 151 Å². The number of ether oxygens (including phenoxy) is 2. The summed E-state index contributed by atoms with van der Waals surface area (Å²) in [5, 5.41) is 10.3. The number of aromatic nitrogens is 2. The smallest absolute Gasteiger partial charge is 0.322 e. The molecule has 1 amide bonds. The molecule has 0 radical (unpaired) electrons. The minimum atomic E-state index is -0.795. The molecule has 1 N–H and O–H groups in total. The summed E-state index contributed by atoms with van der Waals surface area (Å²) >= 11 is 3.38. The molecule has 0 bridgehead atoms. The number of carbonyl (C=O) groups excluding carboxylic acids is 1. The Morgan fingerprint density at radius 1 is 1.12 bits per heavy atom. The van der Waals surface area contributed by atoms with Gasteiger partial charge in [-0.15, -0.1) is 5.10 Å². The fraction of sp³-hybridized carbons (Fsp3) is 0.118. The zero-order chi connectivity index (χ0) is 17.2. The van der Waals surface area contributed by atoms with E-state index in [9.17, 15) is 4.79 Å². The first-order chi connectivity index (χ1) is 12.2. The van der Waals surface area contributed by atoms with Crippen molar-refractivity contribution in [1.82, 2.24) is 10.2 Å². The van der Waals surface area contributed by atoms with E-state index in [-0.39, 0.29) is 12.6 Å². The Hall–Kier alpha value is -2.87. The van der Waals surface area contributed by atoms with E-state index in [1.165, 1.54) is 0 Å². The highest BCUT2D eigenvalue weighted by molar-refractivity contribution is 9.10. The van der Waals surface area contributed by atoms with Crippen molar-refractivity contribution in [1.29, 1.82) is 0 Å². The van der Waals surface area contributed by atoms with Crippen molar-refractivity contribution in [3.05, 3.63) is 53.0 Å². The van der Waals surface area contributed by atoms with E-state index in [1.54, 1.807) is 12.1 Å². The van der Waals surface area contributed by atoms with Crippen LogP contribution in [-0.4, -0.2) is 28.8 Å². The lowest BCUT2D eigenvalue weighted by atomic mass is 10.2. The lowest BCUT2D eigenvalue weighted by molar-refractivity contribution is -0.125. The molecule has 1 aliphatic rings. The van der Waals surface area contributed by atoms with Gasteiger partial charge in [0, 0.05) is 10.0 Å². The lowest BCUT2D eigenvalue weighted by Crippen LogP contribution is -2.40. The molecule has 1 atom stereocenters. The Bertz CT molecular complexity index is 928. The summed E-state index contributed by atoms with van der Waals surface area (Å²) in [7, 11) is 0. The van der Waals surface area contributed by atoms with Crippen LogP contribution in [-0.2, 0) is 4.79 Å². The fourth-order valence-electron chi connectivity index (χ4n) is 2.35. The molecule has 1 aliphatic heterocycles. The van der Waals surface area contributed by atoms with Crippen LogP contribution in [0.5, 0.6) is 11.5 Å². The highest BCUT2D eigenvalue weighted by Gasteiger charge is 2.28. The number of benzene rings is 2. The molecule has 2 aromatic carbocycles. The molecular weight excluding hydrogens is 390 g/mol. The van der Waals surface area contributed by atoms with Crippen LogP contribution in [0.25, 0.3) is 11.5 Å². The second-order valence-corrected chi connectivity index (χ2v) is 6.19. The SMILES string of the molecule is O=C(Nc1nnc(-c2cccc(Br)c2)o1)C1COc2ccccc2O1. The molecular formula is C17H12BrN3O4. The molecule has 3 aromatic rings. The van der Waals surface area contributed by atoms with Gasteiger partial charge >= 0.3 is 6.01 Å². The summed E-state index contributed by atoms with van der Waals surface area (Å²) in [6.45, 7) is 0.107. The molecule has 2 heterocycles. The van der Waals surface area contributed by atoms with Gasteiger partial charge in [0.2, 0.25) is 12.0 Å². The molecule has 0 aliphatic carbocycles. The zero-order valence-corrected chi connectivity index (χ0v) is 14.4. The third kappa shape index (κ3) is 3.34. The average Bonchev–Trinajstić information content (AvgIpc) is 3.10. The standard InChI is InChI=1S/C17H12BrN3O4/c18-11-5-3-4-10(8-11)16-20-21-17(25-16)19-15(22)14-9-23-12-6-1-2-7-13(12)24-14/h1-8,14H,9H2,(H,19,21,22). The van der Waals surface area contributed by atoms with Crippen LogP contribution in [0.1, 0.15) is 0 Å². The van der Waals surface area contributed by atoms with Crippen LogP contribution in [0, 0.1) is 0 Å². The van der Waals surface area contributed by atoms with Gasteiger partial charge in [-0.3, -0.25) is 10.1 Å². The van der Waals surface area contributed by atoms with Crippen molar-refractivity contribution < 1.29 is 18.7 Å². The predicted octanol–water partition coefficient (Wildman–Crippen LogP) is 3.28. The quantitative estimate of drug-likeness (QED) is 0.724. The summed E-state index contributed by atoms with van der Waals surface area (Å²) in [4.78, 5) is 12.3. The van der Waals surface area contributed by atoms with Crippen LogP contribution >= 0.6 is 15.9 Å². The van der Waals surface area contributed by atoms with E-state index in [0.717, 1.165) is 10.0 Å². The van der Waals surface area contributed by atoms with Crippen LogP contribution < -0.4 is 14.8 Å². The Balaban J connectivity index is 1.45. The molecule has 0 saturated carbocycles. The van der Waals surface area contributed by atoms with Gasteiger partial charge in [-0.1, -0.05) is 39.2 Å². The predicted molar refractivity (Wildman–Crippen MR) is 92.4 cm³/mol.